The summed E-state index contributed by atoms with van der Waals surface area (Å²) in [7, 11) is 2.40. The zero-order valence-electron chi connectivity index (χ0n) is 13.7. The number of rotatable bonds is 6. The molecule has 2 aromatic heterocycles. The first kappa shape index (κ1) is 16.3. The molecule has 24 heavy (non-hydrogen) atoms. The van der Waals surface area contributed by atoms with E-state index in [2.05, 4.69) is 41.8 Å². The highest BCUT2D eigenvalue weighted by molar-refractivity contribution is 7.83. The van der Waals surface area contributed by atoms with Crippen LogP contribution in [0.3, 0.4) is 0 Å². The average molecular weight is 345 g/mol. The van der Waals surface area contributed by atoms with Crippen molar-refractivity contribution in [2.45, 2.75) is 11.8 Å². The van der Waals surface area contributed by atoms with Gasteiger partial charge in [0, 0.05) is 13.6 Å². The minimum absolute atomic E-state index is 0.591. The van der Waals surface area contributed by atoms with E-state index < -0.39 is 11.0 Å². The number of hydrogen-bond acceptors (Lipinski definition) is 6. The van der Waals surface area contributed by atoms with Gasteiger partial charge in [0.1, 0.15) is 22.8 Å². The number of aromatic nitrogens is 4. The SMILES string of the molecule is CCN(C)c1ccc(S(=O)NC)cc1Nc1ncnc2nc[nH]c12. The fourth-order valence-electron chi connectivity index (χ4n) is 2.34. The Kier molecular flexibility index (Phi) is 4.72. The quantitative estimate of drug-likeness (QED) is 0.630. The Morgan fingerprint density at radius 1 is 1.29 bits per heavy atom. The fourth-order valence-corrected chi connectivity index (χ4v) is 2.99. The van der Waals surface area contributed by atoms with E-state index in [1.807, 2.05) is 25.2 Å². The zero-order valence-corrected chi connectivity index (χ0v) is 14.5. The molecule has 0 radical (unpaired) electrons. The van der Waals surface area contributed by atoms with Crippen LogP contribution in [-0.2, 0) is 11.0 Å². The number of imidazole rings is 1. The molecule has 0 amide bonds. The maximum Gasteiger partial charge on any atom is 0.182 e. The van der Waals surface area contributed by atoms with Crippen molar-refractivity contribution in [3.63, 3.8) is 0 Å². The number of anilines is 3. The van der Waals surface area contributed by atoms with Crippen molar-refractivity contribution >= 4 is 39.3 Å². The van der Waals surface area contributed by atoms with Gasteiger partial charge in [-0.2, -0.15) is 0 Å². The monoisotopic (exact) mass is 345 g/mol. The van der Waals surface area contributed by atoms with Crippen LogP contribution < -0.4 is 14.9 Å². The van der Waals surface area contributed by atoms with Crippen LogP contribution in [0.15, 0.2) is 35.7 Å². The summed E-state index contributed by atoms with van der Waals surface area (Å²) >= 11 is 0. The number of benzene rings is 1. The maximum absolute atomic E-state index is 12.1. The molecule has 0 spiro atoms. The summed E-state index contributed by atoms with van der Waals surface area (Å²) in [5.41, 5.74) is 3.12. The molecule has 0 aliphatic rings. The molecule has 2 heterocycles. The highest BCUT2D eigenvalue weighted by atomic mass is 32.2. The zero-order chi connectivity index (χ0) is 17.1. The summed E-state index contributed by atoms with van der Waals surface area (Å²) in [5.74, 6) is 0.621. The minimum atomic E-state index is -1.26. The summed E-state index contributed by atoms with van der Waals surface area (Å²) in [5, 5.41) is 3.31. The molecule has 0 aliphatic carbocycles. The largest absolute Gasteiger partial charge is 0.373 e. The smallest absolute Gasteiger partial charge is 0.182 e. The van der Waals surface area contributed by atoms with E-state index in [9.17, 15) is 4.21 Å². The van der Waals surface area contributed by atoms with Crippen LogP contribution in [0.1, 0.15) is 6.92 Å². The van der Waals surface area contributed by atoms with Gasteiger partial charge in [-0.25, -0.2) is 23.9 Å². The van der Waals surface area contributed by atoms with Crippen molar-refractivity contribution in [1.29, 1.82) is 0 Å². The van der Waals surface area contributed by atoms with E-state index >= 15 is 0 Å². The van der Waals surface area contributed by atoms with Crippen LogP contribution >= 0.6 is 0 Å². The van der Waals surface area contributed by atoms with Gasteiger partial charge in [-0.15, -0.1) is 0 Å². The van der Waals surface area contributed by atoms with Gasteiger partial charge in [0.25, 0.3) is 0 Å². The van der Waals surface area contributed by atoms with Crippen LogP contribution in [0.5, 0.6) is 0 Å². The topological polar surface area (TPSA) is 98.8 Å². The first-order valence-electron chi connectivity index (χ1n) is 7.49. The third-order valence-electron chi connectivity index (χ3n) is 3.73. The average Bonchev–Trinajstić information content (AvgIpc) is 3.10. The molecule has 3 aromatic rings. The molecule has 9 heteroatoms. The molecule has 126 valence electrons. The second-order valence-corrected chi connectivity index (χ2v) is 6.53. The highest BCUT2D eigenvalue weighted by Gasteiger charge is 2.13. The Labute approximate surface area is 142 Å². The van der Waals surface area contributed by atoms with Gasteiger partial charge in [-0.1, -0.05) is 0 Å². The highest BCUT2D eigenvalue weighted by Crippen LogP contribution is 2.31. The number of nitrogens with zero attached hydrogens (tertiary/aromatic N) is 4. The molecule has 1 unspecified atom stereocenters. The lowest BCUT2D eigenvalue weighted by molar-refractivity contribution is 0.678. The van der Waals surface area contributed by atoms with Gasteiger partial charge < -0.3 is 15.2 Å². The maximum atomic E-state index is 12.1. The third-order valence-corrected chi connectivity index (χ3v) is 4.78. The summed E-state index contributed by atoms with van der Waals surface area (Å²) in [6.07, 6.45) is 3.04. The molecule has 8 nitrogen and oxygen atoms in total. The van der Waals surface area contributed by atoms with Gasteiger partial charge in [-0.05, 0) is 32.2 Å². The molecule has 3 N–H and O–H groups in total. The number of fused-ring (bicyclic) bond motifs is 1. The summed E-state index contributed by atoms with van der Waals surface area (Å²) in [6, 6.07) is 5.66. The Balaban J connectivity index is 2.06. The van der Waals surface area contributed by atoms with Crippen LogP contribution in [-0.4, -0.2) is 44.8 Å². The predicted octanol–water partition coefficient (Wildman–Crippen LogP) is 1.79. The molecule has 0 fully saturated rings. The van der Waals surface area contributed by atoms with Crippen molar-refractivity contribution in [2.75, 3.05) is 30.9 Å². The molecule has 0 saturated heterocycles. The van der Waals surface area contributed by atoms with E-state index in [0.717, 1.165) is 23.4 Å². The predicted molar refractivity (Wildman–Crippen MR) is 95.8 cm³/mol. The standard InChI is InChI=1S/C15H19N7OS/c1-4-22(3)12-6-5-10(24(23)16-2)7-11(12)21-15-13-14(18-8-17-13)19-9-20-15/h5-9,16H,4H2,1-3H3,(H2,17,18,19,20,21). The Morgan fingerprint density at radius 2 is 2.12 bits per heavy atom. The molecule has 1 aromatic carbocycles. The Bertz CT molecular complexity index is 879. The lowest BCUT2D eigenvalue weighted by Gasteiger charge is -2.22. The molecular formula is C15H19N7OS. The lowest BCUT2D eigenvalue weighted by atomic mass is 10.2. The van der Waals surface area contributed by atoms with Gasteiger partial charge in [0.2, 0.25) is 0 Å². The minimum Gasteiger partial charge on any atom is -0.373 e. The number of hydrogen-bond donors (Lipinski definition) is 3. The van der Waals surface area contributed by atoms with Crippen LogP contribution in [0.2, 0.25) is 0 Å². The number of H-pyrrole nitrogens is 1. The van der Waals surface area contributed by atoms with E-state index in [1.165, 1.54) is 6.33 Å². The van der Waals surface area contributed by atoms with E-state index in [-0.39, 0.29) is 0 Å². The summed E-state index contributed by atoms with van der Waals surface area (Å²) in [4.78, 5) is 18.4. The van der Waals surface area contributed by atoms with Crippen molar-refractivity contribution in [2.24, 2.45) is 0 Å². The molecule has 3 rings (SSSR count). The van der Waals surface area contributed by atoms with Crippen molar-refractivity contribution in [1.82, 2.24) is 24.7 Å². The summed E-state index contributed by atoms with van der Waals surface area (Å²) < 4.78 is 14.8. The van der Waals surface area contributed by atoms with Crippen LogP contribution in [0.4, 0.5) is 17.2 Å². The number of nitrogens with one attached hydrogen (secondary N) is 3. The molecule has 1 atom stereocenters. The van der Waals surface area contributed by atoms with Gasteiger partial charge in [0.05, 0.1) is 22.6 Å². The molecular weight excluding hydrogens is 326 g/mol. The second-order valence-electron chi connectivity index (χ2n) is 5.11. The van der Waals surface area contributed by atoms with Crippen molar-refractivity contribution in [3.05, 3.63) is 30.9 Å². The fraction of sp³-hybridized carbons (Fsp3) is 0.267. The molecule has 0 aliphatic heterocycles. The molecule has 0 saturated carbocycles. The first-order valence-corrected chi connectivity index (χ1v) is 8.64. The Hall–Kier alpha value is -2.52. The van der Waals surface area contributed by atoms with E-state index in [0.29, 0.717) is 16.4 Å². The molecule has 0 bridgehead atoms. The van der Waals surface area contributed by atoms with E-state index in [1.54, 1.807) is 13.4 Å². The van der Waals surface area contributed by atoms with E-state index in [4.69, 9.17) is 0 Å². The third kappa shape index (κ3) is 3.08. The number of aromatic amines is 1. The van der Waals surface area contributed by atoms with Gasteiger partial charge in [0.15, 0.2) is 11.5 Å². The Morgan fingerprint density at radius 3 is 2.88 bits per heavy atom. The van der Waals surface area contributed by atoms with Gasteiger partial charge >= 0.3 is 0 Å². The van der Waals surface area contributed by atoms with Gasteiger partial charge in [-0.3, -0.25) is 0 Å². The second kappa shape index (κ2) is 6.93. The normalized spacial score (nSPS) is 12.3. The van der Waals surface area contributed by atoms with Crippen molar-refractivity contribution < 1.29 is 4.21 Å². The van der Waals surface area contributed by atoms with Crippen molar-refractivity contribution in [3.8, 4) is 0 Å². The van der Waals surface area contributed by atoms with Crippen LogP contribution in [0.25, 0.3) is 11.2 Å². The van der Waals surface area contributed by atoms with Crippen LogP contribution in [0, 0.1) is 0 Å². The summed E-state index contributed by atoms with van der Waals surface area (Å²) in [6.45, 7) is 2.91. The first-order chi connectivity index (χ1) is 11.6. The lowest BCUT2D eigenvalue weighted by Crippen LogP contribution is -2.18.